The van der Waals surface area contributed by atoms with Crippen LogP contribution in [0.25, 0.3) is 0 Å². The molecule has 0 aliphatic carbocycles. The van der Waals surface area contributed by atoms with E-state index in [1.807, 2.05) is 31.2 Å². The number of carbonyl (C=O) groups excluding carboxylic acids is 2. The normalized spacial score (nSPS) is 10.2. The molecule has 3 aromatic carbocycles. The molecule has 142 valence electrons. The van der Waals surface area contributed by atoms with Gasteiger partial charge in [0.2, 0.25) is 5.91 Å². The van der Waals surface area contributed by atoms with Crippen LogP contribution < -0.4 is 15.4 Å². The van der Waals surface area contributed by atoms with Crippen molar-refractivity contribution in [3.05, 3.63) is 89.5 Å². The third-order valence-electron chi connectivity index (χ3n) is 4.26. The van der Waals surface area contributed by atoms with Crippen LogP contribution in [-0.2, 0) is 11.2 Å². The van der Waals surface area contributed by atoms with Gasteiger partial charge in [0, 0.05) is 16.9 Å². The molecular weight excluding hydrogens is 352 g/mol. The van der Waals surface area contributed by atoms with Crippen molar-refractivity contribution in [3.8, 4) is 5.75 Å². The van der Waals surface area contributed by atoms with Gasteiger partial charge >= 0.3 is 0 Å². The summed E-state index contributed by atoms with van der Waals surface area (Å²) in [5.41, 5.74) is 3.96. The van der Waals surface area contributed by atoms with Gasteiger partial charge in [-0.1, -0.05) is 29.8 Å². The first-order chi connectivity index (χ1) is 13.5. The highest BCUT2D eigenvalue weighted by Crippen LogP contribution is 2.17. The zero-order chi connectivity index (χ0) is 19.9. The topological polar surface area (TPSA) is 67.4 Å². The Morgan fingerprint density at radius 1 is 0.786 bits per heavy atom. The highest BCUT2D eigenvalue weighted by Gasteiger charge is 2.08. The lowest BCUT2D eigenvalue weighted by Gasteiger charge is -2.08. The Kier molecular flexibility index (Phi) is 6.07. The van der Waals surface area contributed by atoms with Gasteiger partial charge in [-0.2, -0.15) is 0 Å². The minimum Gasteiger partial charge on any atom is -0.497 e. The van der Waals surface area contributed by atoms with E-state index in [-0.39, 0.29) is 11.8 Å². The molecule has 5 heteroatoms. The lowest BCUT2D eigenvalue weighted by atomic mass is 10.1. The van der Waals surface area contributed by atoms with Crippen molar-refractivity contribution in [2.75, 3.05) is 17.7 Å². The van der Waals surface area contributed by atoms with Crippen LogP contribution in [0, 0.1) is 6.92 Å². The fourth-order valence-corrected chi connectivity index (χ4v) is 2.68. The van der Waals surface area contributed by atoms with Gasteiger partial charge < -0.3 is 15.4 Å². The molecule has 0 radical (unpaired) electrons. The molecule has 0 atom stereocenters. The van der Waals surface area contributed by atoms with Crippen molar-refractivity contribution in [1.29, 1.82) is 0 Å². The molecule has 0 unspecified atom stereocenters. The number of nitrogens with one attached hydrogen (secondary N) is 2. The van der Waals surface area contributed by atoms with Crippen molar-refractivity contribution < 1.29 is 14.3 Å². The zero-order valence-electron chi connectivity index (χ0n) is 15.9. The van der Waals surface area contributed by atoms with Crippen LogP contribution in [0.3, 0.4) is 0 Å². The van der Waals surface area contributed by atoms with Gasteiger partial charge in [-0.3, -0.25) is 9.59 Å². The highest BCUT2D eigenvalue weighted by atomic mass is 16.5. The summed E-state index contributed by atoms with van der Waals surface area (Å²) >= 11 is 0. The first-order valence-electron chi connectivity index (χ1n) is 8.94. The number of anilines is 2. The van der Waals surface area contributed by atoms with Gasteiger partial charge in [0.1, 0.15) is 5.75 Å². The van der Waals surface area contributed by atoms with Crippen molar-refractivity contribution in [2.45, 2.75) is 13.3 Å². The molecule has 0 aromatic heterocycles. The molecular formula is C23H22N2O3. The van der Waals surface area contributed by atoms with Gasteiger partial charge in [0.05, 0.1) is 13.5 Å². The van der Waals surface area contributed by atoms with Gasteiger partial charge in [-0.15, -0.1) is 0 Å². The zero-order valence-corrected chi connectivity index (χ0v) is 15.9. The molecule has 0 fully saturated rings. The highest BCUT2D eigenvalue weighted by molar-refractivity contribution is 6.04. The summed E-state index contributed by atoms with van der Waals surface area (Å²) in [6.45, 7) is 2.01. The van der Waals surface area contributed by atoms with Gasteiger partial charge in [0.15, 0.2) is 0 Å². The summed E-state index contributed by atoms with van der Waals surface area (Å²) in [7, 11) is 1.59. The Morgan fingerprint density at radius 2 is 1.36 bits per heavy atom. The maximum Gasteiger partial charge on any atom is 0.255 e. The predicted molar refractivity (Wildman–Crippen MR) is 111 cm³/mol. The SMILES string of the molecule is COc1ccc(NC(=O)c2ccc(NC(=O)Cc3ccc(C)cc3)cc2)cc1. The third kappa shape index (κ3) is 5.20. The number of amides is 2. The second kappa shape index (κ2) is 8.86. The van der Waals surface area contributed by atoms with E-state index in [4.69, 9.17) is 4.74 Å². The van der Waals surface area contributed by atoms with Crippen LogP contribution in [0.1, 0.15) is 21.5 Å². The number of hydrogen-bond donors (Lipinski definition) is 2. The number of hydrogen-bond acceptors (Lipinski definition) is 3. The number of rotatable bonds is 6. The van der Waals surface area contributed by atoms with Crippen LogP contribution in [0.5, 0.6) is 5.75 Å². The fraction of sp³-hybridized carbons (Fsp3) is 0.130. The molecule has 2 amide bonds. The van der Waals surface area contributed by atoms with E-state index >= 15 is 0 Å². The molecule has 0 saturated heterocycles. The Bertz CT molecular complexity index is 947. The fourth-order valence-electron chi connectivity index (χ4n) is 2.68. The van der Waals surface area contributed by atoms with E-state index in [2.05, 4.69) is 10.6 Å². The second-order valence-electron chi connectivity index (χ2n) is 6.47. The molecule has 0 bridgehead atoms. The minimum atomic E-state index is -0.220. The predicted octanol–water partition coefficient (Wildman–Crippen LogP) is 4.44. The Morgan fingerprint density at radius 3 is 1.96 bits per heavy atom. The van der Waals surface area contributed by atoms with Crippen molar-refractivity contribution >= 4 is 23.2 Å². The van der Waals surface area contributed by atoms with Gasteiger partial charge in [-0.25, -0.2) is 0 Å². The summed E-state index contributed by atoms with van der Waals surface area (Å²) in [5, 5.41) is 5.67. The van der Waals surface area contributed by atoms with E-state index in [0.717, 1.165) is 16.9 Å². The second-order valence-corrected chi connectivity index (χ2v) is 6.47. The maximum atomic E-state index is 12.3. The van der Waals surface area contributed by atoms with E-state index in [9.17, 15) is 9.59 Å². The molecule has 3 aromatic rings. The number of carbonyl (C=O) groups is 2. The molecule has 5 nitrogen and oxygen atoms in total. The van der Waals surface area contributed by atoms with E-state index in [0.29, 0.717) is 23.4 Å². The number of ether oxygens (including phenoxy) is 1. The summed E-state index contributed by atoms with van der Waals surface area (Å²) in [4.78, 5) is 24.5. The maximum absolute atomic E-state index is 12.3. The van der Waals surface area contributed by atoms with E-state index in [1.165, 1.54) is 0 Å². The summed E-state index contributed by atoms with van der Waals surface area (Å²) in [6.07, 6.45) is 0.306. The molecule has 28 heavy (non-hydrogen) atoms. The Labute approximate surface area is 164 Å². The quantitative estimate of drug-likeness (QED) is 0.670. The molecule has 3 rings (SSSR count). The van der Waals surface area contributed by atoms with E-state index < -0.39 is 0 Å². The lowest BCUT2D eigenvalue weighted by molar-refractivity contribution is -0.115. The first kappa shape index (κ1) is 19.2. The van der Waals surface area contributed by atoms with Gasteiger partial charge in [-0.05, 0) is 61.0 Å². The third-order valence-corrected chi connectivity index (χ3v) is 4.26. The Hall–Kier alpha value is -3.60. The van der Waals surface area contributed by atoms with Crippen molar-refractivity contribution in [1.82, 2.24) is 0 Å². The molecule has 0 aliphatic rings. The average Bonchev–Trinajstić information content (AvgIpc) is 2.71. The first-order valence-corrected chi connectivity index (χ1v) is 8.94. The van der Waals surface area contributed by atoms with E-state index in [1.54, 1.807) is 55.6 Å². The standard InChI is InChI=1S/C23H22N2O3/c1-16-3-5-17(6-4-16)15-22(26)24-19-9-7-18(8-10-19)23(27)25-20-11-13-21(28-2)14-12-20/h3-14H,15H2,1-2H3,(H,24,26)(H,25,27). The largest absolute Gasteiger partial charge is 0.497 e. The summed E-state index contributed by atoms with van der Waals surface area (Å²) in [5.74, 6) is 0.408. The average molecular weight is 374 g/mol. The van der Waals surface area contributed by atoms with Crippen LogP contribution >= 0.6 is 0 Å². The summed E-state index contributed by atoms with van der Waals surface area (Å²) in [6, 6.07) is 21.8. The number of benzene rings is 3. The summed E-state index contributed by atoms with van der Waals surface area (Å²) < 4.78 is 5.10. The number of methoxy groups -OCH3 is 1. The number of aryl methyl sites for hydroxylation is 1. The Balaban J connectivity index is 1.56. The van der Waals surface area contributed by atoms with Crippen LogP contribution in [-0.4, -0.2) is 18.9 Å². The molecule has 0 saturated carbocycles. The molecule has 2 N–H and O–H groups in total. The lowest BCUT2D eigenvalue weighted by Crippen LogP contribution is -2.15. The van der Waals surface area contributed by atoms with Crippen molar-refractivity contribution in [3.63, 3.8) is 0 Å². The van der Waals surface area contributed by atoms with Gasteiger partial charge in [0.25, 0.3) is 5.91 Å². The molecule has 0 spiro atoms. The van der Waals surface area contributed by atoms with Crippen molar-refractivity contribution in [2.24, 2.45) is 0 Å². The van der Waals surface area contributed by atoms with Crippen LogP contribution in [0.4, 0.5) is 11.4 Å². The monoisotopic (exact) mass is 374 g/mol. The molecule has 0 heterocycles. The smallest absolute Gasteiger partial charge is 0.255 e. The minimum absolute atomic E-state index is 0.0979. The van der Waals surface area contributed by atoms with Crippen LogP contribution in [0.15, 0.2) is 72.8 Å². The molecule has 0 aliphatic heterocycles. The van der Waals surface area contributed by atoms with Crippen LogP contribution in [0.2, 0.25) is 0 Å².